The second-order valence-electron chi connectivity index (χ2n) is 6.48. The van der Waals surface area contributed by atoms with Crippen LogP contribution in [0.1, 0.15) is 20.3 Å². The number of hydrogen-bond donors (Lipinski definition) is 0. The van der Waals surface area contributed by atoms with Crippen molar-refractivity contribution < 1.29 is 49.0 Å². The van der Waals surface area contributed by atoms with E-state index in [4.69, 9.17) is 0 Å². The summed E-state index contributed by atoms with van der Waals surface area (Å²) in [4.78, 5) is 0. The fourth-order valence-corrected chi connectivity index (χ4v) is 3.05. The van der Waals surface area contributed by atoms with Crippen LogP contribution in [0.15, 0.2) is 85.0 Å². The molecule has 0 amide bonds. The molecule has 0 nitrogen and oxygen atoms in total. The van der Waals surface area contributed by atoms with Gasteiger partial charge in [0.25, 0.3) is 0 Å². The fraction of sp³-hybridized carbons (Fsp3) is 0.120. The Balaban J connectivity index is 0.000000302. The summed E-state index contributed by atoms with van der Waals surface area (Å²) < 4.78 is 1.51. The average Bonchev–Trinajstić information content (AvgIpc) is 3.32. The maximum atomic E-state index is 2.99. The van der Waals surface area contributed by atoms with Gasteiger partial charge in [0, 0.05) is 0 Å². The minimum Gasteiger partial charge on any atom is -1.00 e. The predicted octanol–water partition coefficient (Wildman–Crippen LogP) is 0.924. The maximum Gasteiger partial charge on any atom is -0.0520 e. The Morgan fingerprint density at radius 2 is 1.50 bits per heavy atom. The van der Waals surface area contributed by atoms with E-state index in [0.717, 1.165) is 6.42 Å². The van der Waals surface area contributed by atoms with Crippen LogP contribution in [0.5, 0.6) is 0 Å². The van der Waals surface area contributed by atoms with Crippen molar-refractivity contribution in [3.8, 4) is 0 Å². The van der Waals surface area contributed by atoms with Gasteiger partial charge >= 0.3 is 41.3 Å². The molecule has 0 saturated heterocycles. The van der Waals surface area contributed by atoms with E-state index in [2.05, 4.69) is 92.7 Å². The van der Waals surface area contributed by atoms with Crippen molar-refractivity contribution in [2.75, 3.05) is 0 Å². The number of hydrogen-bond acceptors (Lipinski definition) is 0. The molecule has 0 N–H and O–H groups in total. The van der Waals surface area contributed by atoms with Crippen molar-refractivity contribution in [2.45, 2.75) is 20.3 Å². The van der Waals surface area contributed by atoms with Gasteiger partial charge in [-0.1, -0.05) is 65.4 Å². The number of benzene rings is 3. The van der Waals surface area contributed by atoms with Crippen LogP contribution in [0.3, 0.4) is 0 Å². The smallest absolute Gasteiger partial charge is 0.0520 e. The van der Waals surface area contributed by atoms with Crippen LogP contribution in [0.25, 0.3) is 32.3 Å². The Bertz CT molecular complexity index is 1090. The van der Waals surface area contributed by atoms with E-state index in [0.29, 0.717) is 0 Å². The van der Waals surface area contributed by atoms with Crippen LogP contribution in [0.2, 0.25) is 0 Å². The molecule has 0 unspecified atom stereocenters. The van der Waals surface area contributed by atoms with Crippen LogP contribution >= 0.6 is 0 Å². The van der Waals surface area contributed by atoms with Crippen molar-refractivity contribution in [2.24, 2.45) is 0 Å². The van der Waals surface area contributed by atoms with E-state index in [-0.39, 0.29) is 24.8 Å². The Morgan fingerprint density at radius 3 is 2.11 bits per heavy atom. The van der Waals surface area contributed by atoms with Gasteiger partial charge in [-0.05, 0) is 0 Å². The van der Waals surface area contributed by atoms with E-state index < -0.39 is 0 Å². The molecule has 5 rings (SSSR count). The monoisotopic (exact) mass is 482 g/mol. The van der Waals surface area contributed by atoms with Gasteiger partial charge in [-0.15, -0.1) is 40.1 Å². The molecule has 0 heterocycles. The number of fused-ring (bicyclic) bond motifs is 5. The molecule has 1 aliphatic carbocycles. The summed E-state index contributed by atoms with van der Waals surface area (Å²) in [5.74, 6) is 0. The summed E-state index contributed by atoms with van der Waals surface area (Å²) in [7, 11) is 0. The molecule has 142 valence electrons. The number of allylic oxidation sites excluding steroid dienone is 4. The second-order valence-corrected chi connectivity index (χ2v) is 8.94. The first-order valence-corrected chi connectivity index (χ1v) is 10.1. The third kappa shape index (κ3) is 6.31. The summed E-state index contributed by atoms with van der Waals surface area (Å²) in [5.41, 5.74) is 0. The van der Waals surface area contributed by atoms with Crippen molar-refractivity contribution >= 4 is 35.5 Å². The largest absolute Gasteiger partial charge is 1.00 e. The van der Waals surface area contributed by atoms with Gasteiger partial charge in [0.2, 0.25) is 0 Å². The van der Waals surface area contributed by atoms with Crippen LogP contribution in [-0.2, 0) is 24.2 Å². The standard InChI is InChI=1S/C17H11.C5H5.C3H6.2ClH.Zr/c1-3-7-14-12(5-1)9-10-16-15-8-4-2-6-13(15)11-17(14)16;1-2-4-5-3-1;1-3-2;;;/h1-11H;1-3H,4H2;1-2H3;2*1H;/q2*-1;;;;+2/p-2. The zero-order valence-corrected chi connectivity index (χ0v) is 20.0. The molecule has 3 heteroatoms. The second kappa shape index (κ2) is 12.2. The predicted molar refractivity (Wildman–Crippen MR) is 112 cm³/mol. The molecule has 0 aromatic heterocycles. The molecule has 0 radical (unpaired) electrons. The van der Waals surface area contributed by atoms with E-state index in [1.807, 2.05) is 12.2 Å². The van der Waals surface area contributed by atoms with Crippen LogP contribution in [-0.4, -0.2) is 3.21 Å². The summed E-state index contributed by atoms with van der Waals surface area (Å²) in [6.07, 6.45) is 10.0. The van der Waals surface area contributed by atoms with Crippen molar-refractivity contribution in [3.63, 3.8) is 0 Å². The van der Waals surface area contributed by atoms with Crippen molar-refractivity contribution in [3.05, 3.63) is 91.0 Å². The van der Waals surface area contributed by atoms with Gasteiger partial charge in [0.05, 0.1) is 0 Å². The first kappa shape index (κ1) is 24.6. The molecule has 1 aliphatic rings. The Kier molecular flexibility index (Phi) is 10.8. The van der Waals surface area contributed by atoms with E-state index in [1.54, 1.807) is 24.2 Å². The Morgan fingerprint density at radius 1 is 0.857 bits per heavy atom. The van der Waals surface area contributed by atoms with E-state index in [1.165, 1.54) is 35.5 Å². The molecule has 4 aromatic rings. The first-order valence-electron chi connectivity index (χ1n) is 8.86. The molecular formula is C25H22Cl2Zr-2. The van der Waals surface area contributed by atoms with Gasteiger partial charge in [0.15, 0.2) is 0 Å². The van der Waals surface area contributed by atoms with Crippen molar-refractivity contribution in [1.82, 2.24) is 0 Å². The van der Waals surface area contributed by atoms with Crippen LogP contribution in [0, 0.1) is 6.08 Å². The van der Waals surface area contributed by atoms with Gasteiger partial charge in [-0.3, -0.25) is 6.08 Å². The van der Waals surface area contributed by atoms with E-state index >= 15 is 0 Å². The molecule has 4 aromatic carbocycles. The van der Waals surface area contributed by atoms with Gasteiger partial charge in [0.1, 0.15) is 0 Å². The van der Waals surface area contributed by atoms with Gasteiger partial charge in [-0.2, -0.15) is 6.08 Å². The number of halogens is 2. The SMILES string of the molecule is C[C](C)=[Zr+2].[C-]1=CC=CC1.[Cl-].[Cl-].c1ccc2c(c1)ccc1c3ccccc3[cH-]c21. The third-order valence-electron chi connectivity index (χ3n) is 4.11. The Labute approximate surface area is 194 Å². The third-order valence-corrected chi connectivity index (χ3v) is 4.11. The topological polar surface area (TPSA) is 0 Å². The fourth-order valence-electron chi connectivity index (χ4n) is 3.05. The molecule has 28 heavy (non-hydrogen) atoms. The zero-order chi connectivity index (χ0) is 18.4. The van der Waals surface area contributed by atoms with Gasteiger partial charge < -0.3 is 24.8 Å². The van der Waals surface area contributed by atoms with Gasteiger partial charge in [-0.25, -0.2) is 12.2 Å². The molecule has 0 saturated carbocycles. The van der Waals surface area contributed by atoms with Crippen molar-refractivity contribution in [1.29, 1.82) is 0 Å². The molecule has 0 atom stereocenters. The van der Waals surface area contributed by atoms with E-state index in [9.17, 15) is 0 Å². The van der Waals surface area contributed by atoms with Crippen LogP contribution in [0.4, 0.5) is 0 Å². The molecule has 0 aliphatic heterocycles. The zero-order valence-electron chi connectivity index (χ0n) is 16.0. The minimum atomic E-state index is 0. The average molecular weight is 485 g/mol. The summed E-state index contributed by atoms with van der Waals surface area (Å²) in [5, 5.41) is 8.08. The normalized spacial score (nSPS) is 11.1. The molecule has 0 fully saturated rings. The number of rotatable bonds is 0. The Hall–Kier alpha value is -1.40. The minimum absolute atomic E-state index is 0. The summed E-state index contributed by atoms with van der Waals surface area (Å²) in [6.45, 7) is 4.25. The molecular weight excluding hydrogens is 462 g/mol. The van der Waals surface area contributed by atoms with Crippen LogP contribution < -0.4 is 24.8 Å². The quantitative estimate of drug-likeness (QED) is 0.326. The molecule has 0 bridgehead atoms. The molecule has 0 spiro atoms. The summed E-state index contributed by atoms with van der Waals surface area (Å²) >= 11 is 1.55. The summed E-state index contributed by atoms with van der Waals surface area (Å²) in [6, 6.07) is 23.9. The maximum absolute atomic E-state index is 2.99. The first-order chi connectivity index (χ1) is 12.7.